The summed E-state index contributed by atoms with van der Waals surface area (Å²) in [5.74, 6) is -0.696. The van der Waals surface area contributed by atoms with Crippen LogP contribution in [0.1, 0.15) is 39.0 Å². The zero-order valence-electron chi connectivity index (χ0n) is 15.4. The van der Waals surface area contributed by atoms with Gasteiger partial charge in [-0.1, -0.05) is 38.0 Å². The number of benzene rings is 1. The van der Waals surface area contributed by atoms with Crippen molar-refractivity contribution in [3.63, 3.8) is 0 Å². The summed E-state index contributed by atoms with van der Waals surface area (Å²) in [7, 11) is 0. The molecular weight excluding hydrogens is 346 g/mol. The summed E-state index contributed by atoms with van der Waals surface area (Å²) >= 11 is 0. The maximum atomic E-state index is 12.3. The van der Waals surface area contributed by atoms with Crippen LogP contribution in [0, 0.1) is 5.92 Å². The van der Waals surface area contributed by atoms with Crippen molar-refractivity contribution < 1.29 is 19.1 Å². The second-order valence-electron chi connectivity index (χ2n) is 7.01. The molecule has 0 saturated heterocycles. The van der Waals surface area contributed by atoms with Crippen molar-refractivity contribution in [1.29, 1.82) is 0 Å². The number of hydrogen-bond donors (Lipinski definition) is 2. The number of amides is 2. The predicted octanol–water partition coefficient (Wildman–Crippen LogP) is 2.05. The Bertz CT molecular complexity index is 732. The molecule has 1 saturated carbocycles. The van der Waals surface area contributed by atoms with Crippen molar-refractivity contribution in [3.8, 4) is 0 Å². The number of nitrogens with zero attached hydrogens (tertiary/aromatic N) is 1. The van der Waals surface area contributed by atoms with Gasteiger partial charge < -0.3 is 10.1 Å². The van der Waals surface area contributed by atoms with Gasteiger partial charge in [0, 0.05) is 12.5 Å². The Balaban J connectivity index is 1.51. The van der Waals surface area contributed by atoms with Crippen molar-refractivity contribution in [2.75, 3.05) is 11.6 Å². The number of hydrazine groups is 1. The quantitative estimate of drug-likeness (QED) is 0.774. The maximum absolute atomic E-state index is 12.3. The lowest BCUT2D eigenvalue weighted by atomic mass is 9.86. The van der Waals surface area contributed by atoms with Crippen LogP contribution in [0.2, 0.25) is 0 Å². The maximum Gasteiger partial charge on any atom is 0.356 e. The molecule has 2 amide bonds. The third-order valence-corrected chi connectivity index (χ3v) is 4.99. The number of esters is 1. The van der Waals surface area contributed by atoms with Gasteiger partial charge in [-0.2, -0.15) is 0 Å². The molecule has 0 aromatic heterocycles. The van der Waals surface area contributed by atoms with E-state index in [1.165, 1.54) is 17.5 Å². The lowest BCUT2D eigenvalue weighted by molar-refractivity contribution is -0.145. The zero-order valence-corrected chi connectivity index (χ0v) is 15.4. The summed E-state index contributed by atoms with van der Waals surface area (Å²) in [5, 5.41) is 4.25. The number of rotatable bonds is 5. The van der Waals surface area contributed by atoms with Crippen molar-refractivity contribution in [1.82, 2.24) is 10.7 Å². The zero-order chi connectivity index (χ0) is 19.2. The number of anilines is 1. The van der Waals surface area contributed by atoms with Crippen LogP contribution in [0.4, 0.5) is 5.69 Å². The van der Waals surface area contributed by atoms with Crippen LogP contribution in [0.15, 0.2) is 42.1 Å². The third kappa shape index (κ3) is 4.87. The minimum absolute atomic E-state index is 0.0815. The summed E-state index contributed by atoms with van der Waals surface area (Å²) in [6, 6.07) is 9.11. The Kier molecular flexibility index (Phi) is 6.11. The SMILES string of the molecule is C[C@H]1CCCC[C@H]1NC(=O)COC(=O)C1=CCC(=O)N(c2ccccc2)N1. The van der Waals surface area contributed by atoms with E-state index in [2.05, 4.69) is 17.7 Å². The first-order valence-corrected chi connectivity index (χ1v) is 9.36. The van der Waals surface area contributed by atoms with E-state index in [1.807, 2.05) is 6.07 Å². The van der Waals surface area contributed by atoms with Gasteiger partial charge in [-0.3, -0.25) is 15.0 Å². The molecule has 0 spiro atoms. The van der Waals surface area contributed by atoms with Gasteiger partial charge in [-0.25, -0.2) is 9.80 Å². The molecule has 3 rings (SSSR count). The van der Waals surface area contributed by atoms with E-state index in [-0.39, 0.29) is 36.6 Å². The Labute approximate surface area is 158 Å². The average molecular weight is 371 g/mol. The largest absolute Gasteiger partial charge is 0.451 e. The Morgan fingerprint density at radius 3 is 2.70 bits per heavy atom. The molecule has 1 aromatic rings. The third-order valence-electron chi connectivity index (χ3n) is 4.99. The molecule has 1 aliphatic heterocycles. The fraction of sp³-hybridized carbons (Fsp3) is 0.450. The van der Waals surface area contributed by atoms with Crippen LogP contribution in [0.25, 0.3) is 0 Å². The topological polar surface area (TPSA) is 87.7 Å². The van der Waals surface area contributed by atoms with Crippen LogP contribution in [-0.2, 0) is 19.1 Å². The Morgan fingerprint density at radius 2 is 1.96 bits per heavy atom. The van der Waals surface area contributed by atoms with Crippen LogP contribution in [0.5, 0.6) is 0 Å². The molecule has 1 fully saturated rings. The first-order chi connectivity index (χ1) is 13.0. The number of ether oxygens (including phenoxy) is 1. The summed E-state index contributed by atoms with van der Waals surface area (Å²) in [6.07, 6.45) is 5.92. The summed E-state index contributed by atoms with van der Waals surface area (Å²) in [4.78, 5) is 36.4. The minimum atomic E-state index is -0.657. The first kappa shape index (κ1) is 18.9. The molecule has 0 bridgehead atoms. The van der Waals surface area contributed by atoms with Crippen molar-refractivity contribution in [2.45, 2.75) is 45.1 Å². The van der Waals surface area contributed by atoms with E-state index in [1.54, 1.807) is 24.3 Å². The van der Waals surface area contributed by atoms with Crippen molar-refractivity contribution >= 4 is 23.5 Å². The predicted molar refractivity (Wildman–Crippen MR) is 100 cm³/mol. The van der Waals surface area contributed by atoms with Gasteiger partial charge in [0.1, 0.15) is 5.70 Å². The van der Waals surface area contributed by atoms with E-state index in [0.717, 1.165) is 19.3 Å². The molecule has 1 aliphatic carbocycles. The van der Waals surface area contributed by atoms with Gasteiger partial charge in [0.15, 0.2) is 6.61 Å². The number of carbonyl (C=O) groups excluding carboxylic acids is 3. The van der Waals surface area contributed by atoms with E-state index < -0.39 is 5.97 Å². The number of para-hydroxylation sites is 1. The molecule has 27 heavy (non-hydrogen) atoms. The standard InChI is InChI=1S/C20H25N3O4/c1-14-7-5-6-10-16(14)21-18(24)13-27-20(26)17-11-12-19(25)23(22-17)15-8-3-2-4-9-15/h2-4,8-9,11,14,16,22H,5-7,10,12-13H2,1H3,(H,21,24)/t14-,16+/m0/s1. The molecule has 2 N–H and O–H groups in total. The molecule has 2 atom stereocenters. The van der Waals surface area contributed by atoms with Crippen LogP contribution < -0.4 is 15.8 Å². The monoisotopic (exact) mass is 371 g/mol. The highest BCUT2D eigenvalue weighted by Gasteiger charge is 2.26. The minimum Gasteiger partial charge on any atom is -0.451 e. The van der Waals surface area contributed by atoms with Crippen molar-refractivity contribution in [2.24, 2.45) is 5.92 Å². The fourth-order valence-corrected chi connectivity index (χ4v) is 3.41. The lowest BCUT2D eigenvalue weighted by Crippen LogP contribution is -2.47. The van der Waals surface area contributed by atoms with Gasteiger partial charge in [0.25, 0.3) is 5.91 Å². The molecule has 144 valence electrons. The Morgan fingerprint density at radius 1 is 1.22 bits per heavy atom. The highest BCUT2D eigenvalue weighted by molar-refractivity contribution is 5.99. The molecule has 7 heteroatoms. The number of nitrogens with one attached hydrogen (secondary N) is 2. The summed E-state index contributed by atoms with van der Waals surface area (Å²) < 4.78 is 5.12. The second kappa shape index (κ2) is 8.70. The van der Waals surface area contributed by atoms with Gasteiger partial charge in [0.05, 0.1) is 5.69 Å². The van der Waals surface area contributed by atoms with Crippen LogP contribution in [-0.4, -0.2) is 30.4 Å². The summed E-state index contributed by atoms with van der Waals surface area (Å²) in [5.41, 5.74) is 3.55. The smallest absolute Gasteiger partial charge is 0.356 e. The normalized spacial score (nSPS) is 22.5. The molecule has 1 heterocycles. The van der Waals surface area contributed by atoms with Gasteiger partial charge in [0.2, 0.25) is 5.91 Å². The van der Waals surface area contributed by atoms with E-state index in [4.69, 9.17) is 4.74 Å². The lowest BCUT2D eigenvalue weighted by Gasteiger charge is -2.29. The number of carbonyl (C=O) groups is 3. The highest BCUT2D eigenvalue weighted by Crippen LogP contribution is 2.23. The van der Waals surface area contributed by atoms with Crippen LogP contribution in [0.3, 0.4) is 0 Å². The first-order valence-electron chi connectivity index (χ1n) is 9.36. The van der Waals surface area contributed by atoms with Crippen molar-refractivity contribution in [3.05, 3.63) is 42.1 Å². The summed E-state index contributed by atoms with van der Waals surface area (Å²) in [6.45, 7) is 1.79. The molecular formula is C20H25N3O4. The molecule has 7 nitrogen and oxygen atoms in total. The molecule has 0 unspecified atom stereocenters. The van der Waals surface area contributed by atoms with E-state index >= 15 is 0 Å². The van der Waals surface area contributed by atoms with Gasteiger partial charge >= 0.3 is 5.97 Å². The van der Waals surface area contributed by atoms with Crippen LogP contribution >= 0.6 is 0 Å². The van der Waals surface area contributed by atoms with E-state index in [0.29, 0.717) is 11.6 Å². The fourth-order valence-electron chi connectivity index (χ4n) is 3.41. The molecule has 0 radical (unpaired) electrons. The average Bonchev–Trinajstić information content (AvgIpc) is 2.69. The molecule has 2 aliphatic rings. The highest BCUT2D eigenvalue weighted by atomic mass is 16.5. The van der Waals surface area contributed by atoms with Gasteiger partial charge in [-0.15, -0.1) is 0 Å². The molecule has 1 aromatic carbocycles. The van der Waals surface area contributed by atoms with Gasteiger partial charge in [-0.05, 0) is 37.0 Å². The Hall–Kier alpha value is -2.83. The second-order valence-corrected chi connectivity index (χ2v) is 7.01. The number of hydrogen-bond acceptors (Lipinski definition) is 5. The van der Waals surface area contributed by atoms with E-state index in [9.17, 15) is 14.4 Å².